The van der Waals surface area contributed by atoms with Crippen LogP contribution in [0.2, 0.25) is 0 Å². The van der Waals surface area contributed by atoms with Gasteiger partial charge < -0.3 is 0 Å². The van der Waals surface area contributed by atoms with Gasteiger partial charge >= 0.3 is 0 Å². The molecule has 8 heteroatoms. The summed E-state index contributed by atoms with van der Waals surface area (Å²) in [5.74, 6) is 0. The predicted molar refractivity (Wildman–Crippen MR) is 76.5 cm³/mol. The first-order chi connectivity index (χ1) is 9.98. The molecule has 1 saturated heterocycles. The van der Waals surface area contributed by atoms with Gasteiger partial charge in [0.15, 0.2) is 0 Å². The van der Waals surface area contributed by atoms with Crippen molar-refractivity contribution in [2.24, 2.45) is 0 Å². The smallest absolute Gasteiger partial charge is 0.269 e. The number of nitrogens with zero attached hydrogens (tertiary/aromatic N) is 3. The minimum absolute atomic E-state index is 0.104. The first-order valence-corrected chi connectivity index (χ1v) is 8.41. The minimum Gasteiger partial charge on any atom is -0.298 e. The van der Waals surface area contributed by atoms with E-state index in [0.717, 1.165) is 13.1 Å². The number of nitro groups is 1. The lowest BCUT2D eigenvalue weighted by Crippen LogP contribution is -2.49. The normalized spacial score (nSPS) is 21.3. The summed E-state index contributed by atoms with van der Waals surface area (Å²) in [4.78, 5) is 12.5. The molecule has 0 bridgehead atoms. The van der Waals surface area contributed by atoms with Gasteiger partial charge in [0.2, 0.25) is 10.0 Å². The van der Waals surface area contributed by atoms with Crippen LogP contribution < -0.4 is 0 Å². The van der Waals surface area contributed by atoms with Crippen LogP contribution in [0.1, 0.15) is 12.8 Å². The van der Waals surface area contributed by atoms with E-state index in [-0.39, 0.29) is 10.6 Å². The maximum absolute atomic E-state index is 12.5. The van der Waals surface area contributed by atoms with Crippen LogP contribution in [0.25, 0.3) is 0 Å². The third-order valence-electron chi connectivity index (χ3n) is 4.02. The van der Waals surface area contributed by atoms with Crippen LogP contribution in [0.3, 0.4) is 0 Å². The molecule has 21 heavy (non-hydrogen) atoms. The van der Waals surface area contributed by atoms with Gasteiger partial charge in [0, 0.05) is 44.4 Å². The van der Waals surface area contributed by atoms with Crippen LogP contribution in [-0.4, -0.2) is 54.8 Å². The van der Waals surface area contributed by atoms with Crippen molar-refractivity contribution in [2.75, 3.05) is 26.2 Å². The molecular formula is C13H17N3O4S. The van der Waals surface area contributed by atoms with E-state index in [1.54, 1.807) is 0 Å². The van der Waals surface area contributed by atoms with E-state index >= 15 is 0 Å². The lowest BCUT2D eigenvalue weighted by Gasteiger charge is -2.34. The highest BCUT2D eigenvalue weighted by molar-refractivity contribution is 7.89. The molecule has 0 radical (unpaired) electrons. The van der Waals surface area contributed by atoms with Gasteiger partial charge in [0.25, 0.3) is 5.69 Å². The Morgan fingerprint density at radius 1 is 1.05 bits per heavy atom. The summed E-state index contributed by atoms with van der Waals surface area (Å²) in [5, 5.41) is 10.6. The third kappa shape index (κ3) is 2.92. The molecule has 0 spiro atoms. The summed E-state index contributed by atoms with van der Waals surface area (Å²) in [6.45, 7) is 2.49. The van der Waals surface area contributed by atoms with Crippen LogP contribution >= 0.6 is 0 Å². The van der Waals surface area contributed by atoms with Crippen molar-refractivity contribution < 1.29 is 13.3 Å². The number of benzene rings is 1. The van der Waals surface area contributed by atoms with Gasteiger partial charge in [0.05, 0.1) is 9.82 Å². The van der Waals surface area contributed by atoms with Crippen LogP contribution in [0.4, 0.5) is 5.69 Å². The molecule has 1 aliphatic carbocycles. The lowest BCUT2D eigenvalue weighted by molar-refractivity contribution is -0.384. The Hall–Kier alpha value is -1.51. The molecule has 0 N–H and O–H groups in total. The highest BCUT2D eigenvalue weighted by atomic mass is 32.2. The van der Waals surface area contributed by atoms with Crippen molar-refractivity contribution in [3.63, 3.8) is 0 Å². The highest BCUT2D eigenvalue weighted by Gasteiger charge is 2.34. The maximum Gasteiger partial charge on any atom is 0.269 e. The first kappa shape index (κ1) is 14.4. The highest BCUT2D eigenvalue weighted by Crippen LogP contribution is 2.28. The van der Waals surface area contributed by atoms with Crippen molar-refractivity contribution in [2.45, 2.75) is 23.8 Å². The van der Waals surface area contributed by atoms with E-state index in [1.165, 1.54) is 41.4 Å². The maximum atomic E-state index is 12.5. The average molecular weight is 311 g/mol. The zero-order chi connectivity index (χ0) is 15.0. The molecule has 1 aromatic carbocycles. The van der Waals surface area contributed by atoms with E-state index in [4.69, 9.17) is 0 Å². The largest absolute Gasteiger partial charge is 0.298 e. The summed E-state index contributed by atoms with van der Waals surface area (Å²) in [5.41, 5.74) is -0.104. The SMILES string of the molecule is O=[N+]([O-])c1ccc(S(=O)(=O)N2CCN(C3CC3)CC2)cc1. The van der Waals surface area contributed by atoms with Crippen molar-refractivity contribution in [3.8, 4) is 0 Å². The van der Waals surface area contributed by atoms with Crippen LogP contribution in [0.5, 0.6) is 0 Å². The molecule has 3 rings (SSSR count). The van der Waals surface area contributed by atoms with Gasteiger partial charge in [-0.25, -0.2) is 8.42 Å². The third-order valence-corrected chi connectivity index (χ3v) is 5.93. The Morgan fingerprint density at radius 2 is 1.62 bits per heavy atom. The summed E-state index contributed by atoms with van der Waals surface area (Å²) in [6.07, 6.45) is 2.43. The second-order valence-corrected chi connectivity index (χ2v) is 7.36. The Labute approximate surface area is 123 Å². The number of nitro benzene ring substituents is 1. The van der Waals surface area contributed by atoms with Gasteiger partial charge in [-0.3, -0.25) is 15.0 Å². The van der Waals surface area contributed by atoms with E-state index in [0.29, 0.717) is 19.1 Å². The predicted octanol–water partition coefficient (Wildman–Crippen LogP) is 1.06. The lowest BCUT2D eigenvalue weighted by atomic mass is 10.3. The van der Waals surface area contributed by atoms with Crippen LogP contribution in [-0.2, 0) is 10.0 Å². The average Bonchev–Trinajstić information content (AvgIpc) is 3.32. The second-order valence-electron chi connectivity index (χ2n) is 5.42. The van der Waals surface area contributed by atoms with Gasteiger partial charge in [-0.1, -0.05) is 0 Å². The number of hydrogen-bond donors (Lipinski definition) is 0. The first-order valence-electron chi connectivity index (χ1n) is 6.97. The van der Waals surface area contributed by atoms with Crippen molar-refractivity contribution in [1.82, 2.24) is 9.21 Å². The zero-order valence-electron chi connectivity index (χ0n) is 11.5. The standard InChI is InChI=1S/C13H17N3O4S/c17-16(18)12-3-5-13(6-4-12)21(19,20)15-9-7-14(8-10-15)11-1-2-11/h3-6,11H,1-2,7-10H2. The Balaban J connectivity index is 1.72. The van der Waals surface area contributed by atoms with Gasteiger partial charge in [-0.05, 0) is 25.0 Å². The van der Waals surface area contributed by atoms with Gasteiger partial charge in [0.1, 0.15) is 0 Å². The molecule has 2 fully saturated rings. The molecule has 1 aromatic rings. The second kappa shape index (κ2) is 5.36. The zero-order valence-corrected chi connectivity index (χ0v) is 12.3. The van der Waals surface area contributed by atoms with Gasteiger partial charge in [-0.2, -0.15) is 4.31 Å². The molecule has 0 amide bonds. The molecule has 0 unspecified atom stereocenters. The molecule has 1 heterocycles. The van der Waals surface area contributed by atoms with Crippen molar-refractivity contribution in [1.29, 1.82) is 0 Å². The Kier molecular flexibility index (Phi) is 3.68. The molecule has 114 valence electrons. The number of non-ortho nitro benzene ring substituents is 1. The fraction of sp³-hybridized carbons (Fsp3) is 0.538. The van der Waals surface area contributed by atoms with E-state index in [2.05, 4.69) is 4.90 Å². The summed E-state index contributed by atoms with van der Waals surface area (Å²) in [6, 6.07) is 5.72. The Morgan fingerprint density at radius 3 is 2.10 bits per heavy atom. The molecule has 0 aromatic heterocycles. The monoisotopic (exact) mass is 311 g/mol. The topological polar surface area (TPSA) is 83.8 Å². The Bertz CT molecular complexity index is 632. The van der Waals surface area contributed by atoms with Gasteiger partial charge in [-0.15, -0.1) is 0 Å². The molecular weight excluding hydrogens is 294 g/mol. The van der Waals surface area contributed by atoms with E-state index in [9.17, 15) is 18.5 Å². The number of rotatable bonds is 4. The minimum atomic E-state index is -3.55. The van der Waals surface area contributed by atoms with Crippen molar-refractivity contribution >= 4 is 15.7 Å². The number of piperazine rings is 1. The fourth-order valence-corrected chi connectivity index (χ4v) is 4.06. The van der Waals surface area contributed by atoms with Crippen LogP contribution in [0.15, 0.2) is 29.2 Å². The quantitative estimate of drug-likeness (QED) is 0.613. The fourth-order valence-electron chi connectivity index (χ4n) is 2.64. The number of hydrogen-bond acceptors (Lipinski definition) is 5. The molecule has 1 aliphatic heterocycles. The molecule has 2 aliphatic rings. The number of sulfonamides is 1. The molecule has 7 nitrogen and oxygen atoms in total. The van der Waals surface area contributed by atoms with E-state index < -0.39 is 14.9 Å². The molecule has 0 atom stereocenters. The summed E-state index contributed by atoms with van der Waals surface area (Å²) >= 11 is 0. The van der Waals surface area contributed by atoms with Crippen LogP contribution in [0, 0.1) is 10.1 Å². The summed E-state index contributed by atoms with van der Waals surface area (Å²) in [7, 11) is -3.55. The van der Waals surface area contributed by atoms with Crippen molar-refractivity contribution in [3.05, 3.63) is 34.4 Å². The summed E-state index contributed by atoms with van der Waals surface area (Å²) < 4.78 is 26.5. The molecule has 1 saturated carbocycles. The van der Waals surface area contributed by atoms with E-state index in [1.807, 2.05) is 0 Å².